The van der Waals surface area contributed by atoms with Crippen LogP contribution in [0.5, 0.6) is 0 Å². The molecule has 1 fully saturated rings. The molecule has 3 amide bonds. The first-order chi connectivity index (χ1) is 11.9. The Labute approximate surface area is 123 Å². The summed E-state index contributed by atoms with van der Waals surface area (Å²) < 4.78 is 47.6. The van der Waals surface area contributed by atoms with Crippen LogP contribution in [-0.4, -0.2) is 28.6 Å². The zero-order chi connectivity index (χ0) is 19.8. The van der Waals surface area contributed by atoms with Gasteiger partial charge in [-0.15, -0.1) is 0 Å². The molecule has 0 aliphatic carbocycles. The second-order valence-electron chi connectivity index (χ2n) is 4.24. The first-order valence-corrected chi connectivity index (χ1v) is 5.63. The van der Waals surface area contributed by atoms with Gasteiger partial charge in [-0.1, -0.05) is 12.6 Å². The second-order valence-corrected chi connectivity index (χ2v) is 4.24. The fraction of sp³-hybridized carbons (Fsp3) is 0.214. The van der Waals surface area contributed by atoms with Crippen LogP contribution in [0, 0.1) is 0 Å². The standard InChI is InChI=1S/C14H13N3O3/c1-7-5-6-10(12(18)16-7)17-13(19)8-3-2-4-9(15)11(8)14(17)20/h2-4,10H,1,5-6,15H2,(H,16,18)/t10-/m1/s1/i2D,3D,4D,6D2,10D. The van der Waals surface area contributed by atoms with E-state index in [1.807, 2.05) is 0 Å². The minimum absolute atomic E-state index is 0.0120. The van der Waals surface area contributed by atoms with Crippen LogP contribution < -0.4 is 11.1 Å². The molecule has 2 aliphatic rings. The summed E-state index contributed by atoms with van der Waals surface area (Å²) in [5.41, 5.74) is 3.92. The van der Waals surface area contributed by atoms with E-state index in [0.717, 1.165) is 0 Å². The smallest absolute Gasteiger partial charge is 0.264 e. The van der Waals surface area contributed by atoms with Gasteiger partial charge in [0.15, 0.2) is 0 Å². The molecule has 1 saturated heterocycles. The first kappa shape index (κ1) is 7.23. The molecular formula is C14H13N3O3. The van der Waals surface area contributed by atoms with Crippen LogP contribution in [-0.2, 0) is 4.79 Å². The van der Waals surface area contributed by atoms with Crippen molar-refractivity contribution in [1.29, 1.82) is 0 Å². The molecule has 2 aliphatic heterocycles. The molecule has 6 nitrogen and oxygen atoms in total. The lowest BCUT2D eigenvalue weighted by Crippen LogP contribution is -2.51. The van der Waals surface area contributed by atoms with Gasteiger partial charge in [0.1, 0.15) is 6.02 Å². The molecule has 0 bridgehead atoms. The maximum atomic E-state index is 12.8. The Hall–Kier alpha value is -2.63. The number of imide groups is 1. The van der Waals surface area contributed by atoms with Gasteiger partial charge in [-0.05, 0) is 24.9 Å². The van der Waals surface area contributed by atoms with Gasteiger partial charge in [0, 0.05) is 14.1 Å². The molecule has 1 aromatic rings. The van der Waals surface area contributed by atoms with Gasteiger partial charge in [0.05, 0.1) is 16.6 Å². The number of hydrogen-bond donors (Lipinski definition) is 2. The number of nitrogens with one attached hydrogen (secondary N) is 1. The predicted octanol–water partition coefficient (Wildman–Crippen LogP) is 0.657. The summed E-state index contributed by atoms with van der Waals surface area (Å²) >= 11 is 0. The van der Waals surface area contributed by atoms with Gasteiger partial charge in [0.25, 0.3) is 11.8 Å². The molecule has 2 heterocycles. The summed E-state index contributed by atoms with van der Waals surface area (Å²) in [6.45, 7) is 3.44. The SMILES string of the molecule is [2H]c1c([2H])c(N)c2c(c1[2H])C(=O)N([C@@]1([2H])C(=O)NC(=C)CC1([2H])[2H])C2=O. The maximum Gasteiger partial charge on any atom is 0.264 e. The van der Waals surface area contributed by atoms with E-state index in [0.29, 0.717) is 0 Å². The molecular weight excluding hydrogens is 258 g/mol. The highest BCUT2D eigenvalue weighted by Gasteiger charge is 2.44. The average Bonchev–Trinajstić information content (AvgIpc) is 2.79. The molecule has 0 radical (unpaired) electrons. The number of rotatable bonds is 1. The number of nitrogen functional groups attached to an aromatic ring is 1. The van der Waals surface area contributed by atoms with Gasteiger partial charge in [0.2, 0.25) is 5.91 Å². The Balaban J connectivity index is 2.26. The minimum Gasteiger partial charge on any atom is -0.398 e. The molecule has 102 valence electrons. The van der Waals surface area contributed by atoms with E-state index in [4.69, 9.17) is 14.0 Å². The van der Waals surface area contributed by atoms with E-state index in [1.165, 1.54) is 0 Å². The first-order valence-electron chi connectivity index (χ1n) is 8.63. The highest BCUT2D eigenvalue weighted by atomic mass is 16.2. The van der Waals surface area contributed by atoms with Crippen molar-refractivity contribution in [2.24, 2.45) is 0 Å². The van der Waals surface area contributed by atoms with Crippen molar-refractivity contribution in [2.45, 2.75) is 18.8 Å². The number of nitrogens with two attached hydrogens (primary N) is 1. The molecule has 0 unspecified atom stereocenters. The molecule has 1 aromatic carbocycles. The molecule has 0 saturated carbocycles. The summed E-state index contributed by atoms with van der Waals surface area (Å²) in [6.07, 6.45) is -3.17. The molecule has 3 rings (SSSR count). The number of allylic oxidation sites excluding steroid dienone is 1. The van der Waals surface area contributed by atoms with Crippen LogP contribution in [0.15, 0.2) is 30.4 Å². The Morgan fingerprint density at radius 2 is 2.20 bits per heavy atom. The summed E-state index contributed by atoms with van der Waals surface area (Å²) in [4.78, 5) is 38.0. The van der Waals surface area contributed by atoms with E-state index in [-0.39, 0.29) is 10.6 Å². The third kappa shape index (κ3) is 1.61. The third-order valence-corrected chi connectivity index (χ3v) is 2.94. The topological polar surface area (TPSA) is 92.5 Å². The van der Waals surface area contributed by atoms with Crippen molar-refractivity contribution in [3.63, 3.8) is 0 Å². The van der Waals surface area contributed by atoms with E-state index in [2.05, 4.69) is 11.9 Å². The van der Waals surface area contributed by atoms with Crippen molar-refractivity contribution >= 4 is 23.4 Å². The lowest BCUT2D eigenvalue weighted by Gasteiger charge is -2.29. The van der Waals surface area contributed by atoms with Crippen LogP contribution in [0.25, 0.3) is 0 Å². The molecule has 0 aromatic heterocycles. The largest absolute Gasteiger partial charge is 0.398 e. The van der Waals surface area contributed by atoms with Crippen LogP contribution in [0.1, 0.15) is 41.7 Å². The lowest BCUT2D eigenvalue weighted by molar-refractivity contribution is -0.125. The van der Waals surface area contributed by atoms with E-state index in [9.17, 15) is 14.4 Å². The normalized spacial score (nSPS) is 32.5. The fourth-order valence-corrected chi connectivity index (χ4v) is 2.04. The van der Waals surface area contributed by atoms with Crippen molar-refractivity contribution in [2.75, 3.05) is 5.73 Å². The van der Waals surface area contributed by atoms with Crippen molar-refractivity contribution in [1.82, 2.24) is 10.2 Å². The number of amides is 3. The fourth-order valence-electron chi connectivity index (χ4n) is 2.04. The Kier molecular flexibility index (Phi) is 1.52. The number of hydrogen-bond acceptors (Lipinski definition) is 4. The van der Waals surface area contributed by atoms with Crippen molar-refractivity contribution in [3.05, 3.63) is 41.5 Å². The Bertz CT molecular complexity index is 884. The van der Waals surface area contributed by atoms with Crippen LogP contribution in [0.4, 0.5) is 5.69 Å². The lowest BCUT2D eigenvalue weighted by atomic mass is 10.0. The second kappa shape index (κ2) is 4.19. The van der Waals surface area contributed by atoms with Gasteiger partial charge in [-0.25, -0.2) is 0 Å². The monoisotopic (exact) mass is 277 g/mol. The maximum absolute atomic E-state index is 12.8. The molecule has 6 heteroatoms. The summed E-state index contributed by atoms with van der Waals surface area (Å²) in [5, 5.41) is 2.16. The van der Waals surface area contributed by atoms with Gasteiger partial charge < -0.3 is 11.1 Å². The molecule has 1 atom stereocenters. The van der Waals surface area contributed by atoms with Gasteiger partial charge >= 0.3 is 0 Å². The number of nitrogens with zero attached hydrogens (tertiary/aromatic N) is 1. The highest BCUT2D eigenvalue weighted by Crippen LogP contribution is 2.31. The number of piperidine rings is 1. The number of fused-ring (bicyclic) bond motifs is 1. The Morgan fingerprint density at radius 3 is 2.90 bits per heavy atom. The number of carbonyl (C=O) groups excluding carboxylic acids is 3. The van der Waals surface area contributed by atoms with Gasteiger partial charge in [-0.2, -0.15) is 0 Å². The average molecular weight is 277 g/mol. The van der Waals surface area contributed by atoms with Crippen LogP contribution in [0.3, 0.4) is 0 Å². The Morgan fingerprint density at radius 1 is 1.45 bits per heavy atom. The summed E-state index contributed by atoms with van der Waals surface area (Å²) in [7, 11) is 0. The molecule has 20 heavy (non-hydrogen) atoms. The minimum atomic E-state index is -2.97. The van der Waals surface area contributed by atoms with Crippen LogP contribution in [0.2, 0.25) is 0 Å². The number of benzene rings is 1. The summed E-state index contributed by atoms with van der Waals surface area (Å²) in [6, 6.07) is -5.04. The summed E-state index contributed by atoms with van der Waals surface area (Å²) in [5.74, 6) is -3.81. The zero-order valence-corrected chi connectivity index (χ0v) is 10.2. The highest BCUT2D eigenvalue weighted by molar-refractivity contribution is 6.25. The molecule has 3 N–H and O–H groups in total. The van der Waals surface area contributed by atoms with Crippen LogP contribution >= 0.6 is 0 Å². The zero-order valence-electron chi connectivity index (χ0n) is 16.2. The third-order valence-electron chi connectivity index (χ3n) is 2.94. The van der Waals surface area contributed by atoms with E-state index < -0.39 is 71.5 Å². The van der Waals surface area contributed by atoms with Crippen molar-refractivity contribution in [3.8, 4) is 0 Å². The molecule has 0 spiro atoms. The van der Waals surface area contributed by atoms with E-state index >= 15 is 0 Å². The number of anilines is 1. The van der Waals surface area contributed by atoms with E-state index in [1.54, 1.807) is 0 Å². The van der Waals surface area contributed by atoms with Gasteiger partial charge in [-0.3, -0.25) is 19.3 Å². The van der Waals surface area contributed by atoms with Crippen molar-refractivity contribution < 1.29 is 22.6 Å². The predicted molar refractivity (Wildman–Crippen MR) is 71.7 cm³/mol. The number of carbonyl (C=O) groups is 3. The quantitative estimate of drug-likeness (QED) is 0.582.